The van der Waals surface area contributed by atoms with E-state index >= 15 is 0 Å². The molecule has 5 N–H and O–H groups in total. The molecule has 6 nitrogen and oxygen atoms in total. The van der Waals surface area contributed by atoms with Gasteiger partial charge in [-0.3, -0.25) is 4.79 Å². The average molecular weight is 836 g/mol. The smallest absolute Gasteiger partial charge is 0.249 e. The van der Waals surface area contributed by atoms with Crippen molar-refractivity contribution in [2.45, 2.75) is 314 Å². The number of carbonyl (C=O) groups is 1. The molecule has 4 unspecified atom stereocenters. The Kier molecular flexibility index (Phi) is 47.3. The number of amides is 1. The van der Waals surface area contributed by atoms with E-state index in [0.29, 0.717) is 12.8 Å². The summed E-state index contributed by atoms with van der Waals surface area (Å²) in [7, 11) is 0. The minimum Gasteiger partial charge on any atom is -0.394 e. The minimum absolute atomic E-state index is 0.365. The number of carbonyl (C=O) groups excluding carboxylic acids is 1. The first-order chi connectivity index (χ1) is 29.0. The first-order valence-electron chi connectivity index (χ1n) is 26.6. The van der Waals surface area contributed by atoms with Crippen LogP contribution in [-0.4, -0.2) is 57.3 Å². The van der Waals surface area contributed by atoms with Gasteiger partial charge in [-0.25, -0.2) is 0 Å². The predicted molar refractivity (Wildman–Crippen MR) is 256 cm³/mol. The third-order valence-corrected chi connectivity index (χ3v) is 12.7. The van der Waals surface area contributed by atoms with Gasteiger partial charge in [0.1, 0.15) is 12.2 Å². The highest BCUT2D eigenvalue weighted by molar-refractivity contribution is 5.80. The molecule has 0 spiro atoms. The number of hydrogen-bond acceptors (Lipinski definition) is 5. The van der Waals surface area contributed by atoms with Gasteiger partial charge in [-0.2, -0.15) is 0 Å². The van der Waals surface area contributed by atoms with Gasteiger partial charge in [0.25, 0.3) is 0 Å². The Morgan fingerprint density at radius 1 is 0.407 bits per heavy atom. The minimum atomic E-state index is -1.26. The van der Waals surface area contributed by atoms with Crippen LogP contribution in [0.2, 0.25) is 0 Å². The molecule has 0 radical (unpaired) electrons. The van der Waals surface area contributed by atoms with Crippen molar-refractivity contribution in [3.8, 4) is 0 Å². The van der Waals surface area contributed by atoms with Crippen LogP contribution in [0.5, 0.6) is 0 Å². The Morgan fingerprint density at radius 3 is 0.983 bits per heavy atom. The van der Waals surface area contributed by atoms with E-state index in [1.807, 2.05) is 0 Å². The highest BCUT2D eigenvalue weighted by atomic mass is 16.3. The molecule has 0 aliphatic rings. The number of nitrogens with one attached hydrogen (secondary N) is 1. The van der Waals surface area contributed by atoms with Crippen molar-refractivity contribution in [1.82, 2.24) is 5.32 Å². The van der Waals surface area contributed by atoms with E-state index in [1.54, 1.807) is 0 Å². The molecular weight excluding hydrogens is 731 g/mol. The third-order valence-electron chi connectivity index (χ3n) is 12.7. The molecule has 0 aliphatic carbocycles. The van der Waals surface area contributed by atoms with Crippen LogP contribution in [0.25, 0.3) is 0 Å². The van der Waals surface area contributed by atoms with Gasteiger partial charge in [0.2, 0.25) is 5.91 Å². The second-order valence-corrected chi connectivity index (χ2v) is 18.6. The second-order valence-electron chi connectivity index (χ2n) is 18.6. The van der Waals surface area contributed by atoms with Gasteiger partial charge in [-0.05, 0) is 38.5 Å². The van der Waals surface area contributed by atoms with E-state index in [0.717, 1.165) is 44.9 Å². The maximum atomic E-state index is 12.5. The van der Waals surface area contributed by atoms with Crippen LogP contribution >= 0.6 is 0 Å². The molecule has 0 aliphatic heterocycles. The number of hydrogen-bond donors (Lipinski definition) is 5. The van der Waals surface area contributed by atoms with Crippen LogP contribution in [0.1, 0.15) is 290 Å². The van der Waals surface area contributed by atoms with Crippen molar-refractivity contribution < 1.29 is 25.2 Å². The van der Waals surface area contributed by atoms with Crippen molar-refractivity contribution in [1.29, 1.82) is 0 Å². The van der Waals surface area contributed by atoms with E-state index in [2.05, 4.69) is 31.3 Å². The molecule has 0 heterocycles. The number of aliphatic hydroxyl groups is 4. The first-order valence-corrected chi connectivity index (χ1v) is 26.6. The van der Waals surface area contributed by atoms with Gasteiger partial charge < -0.3 is 25.7 Å². The Bertz CT molecular complexity index is 852. The van der Waals surface area contributed by atoms with Crippen molar-refractivity contribution in [3.05, 3.63) is 12.2 Å². The van der Waals surface area contributed by atoms with E-state index in [-0.39, 0.29) is 0 Å². The van der Waals surface area contributed by atoms with Crippen molar-refractivity contribution >= 4 is 5.91 Å². The lowest BCUT2D eigenvalue weighted by molar-refractivity contribution is -0.132. The molecule has 0 aromatic heterocycles. The summed E-state index contributed by atoms with van der Waals surface area (Å²) in [5.41, 5.74) is 0. The van der Waals surface area contributed by atoms with Crippen molar-refractivity contribution in [2.24, 2.45) is 0 Å². The lowest BCUT2D eigenvalue weighted by atomic mass is 9.99. The van der Waals surface area contributed by atoms with Crippen LogP contribution in [-0.2, 0) is 4.79 Å². The SMILES string of the molecule is CCCCCCCC/C=C\CCCCCCCCC(O)C(=O)NC(CO)C(O)C(O)CCCCCCCCCCCCCCCCCCCCCCCCCCCCC. The monoisotopic (exact) mass is 836 g/mol. The maximum Gasteiger partial charge on any atom is 0.249 e. The van der Waals surface area contributed by atoms with Gasteiger partial charge >= 0.3 is 0 Å². The maximum absolute atomic E-state index is 12.5. The molecule has 4 atom stereocenters. The summed E-state index contributed by atoms with van der Waals surface area (Å²) in [5, 5.41) is 43.9. The van der Waals surface area contributed by atoms with E-state index in [4.69, 9.17) is 0 Å². The number of unbranched alkanes of at least 4 members (excludes halogenated alkanes) is 38. The predicted octanol–water partition coefficient (Wildman–Crippen LogP) is 14.9. The lowest BCUT2D eigenvalue weighted by Gasteiger charge is -2.27. The van der Waals surface area contributed by atoms with Gasteiger partial charge in [0, 0.05) is 0 Å². The fourth-order valence-corrected chi connectivity index (χ4v) is 8.52. The van der Waals surface area contributed by atoms with Crippen LogP contribution in [0.3, 0.4) is 0 Å². The third kappa shape index (κ3) is 42.1. The molecule has 0 bridgehead atoms. The largest absolute Gasteiger partial charge is 0.394 e. The summed E-state index contributed by atoms with van der Waals surface area (Å²) in [6.07, 6.45) is 55.6. The molecule has 0 rings (SSSR count). The fourth-order valence-electron chi connectivity index (χ4n) is 8.52. The quantitative estimate of drug-likeness (QED) is 0.0310. The zero-order chi connectivity index (χ0) is 43.1. The van der Waals surface area contributed by atoms with Crippen LogP contribution in [0.4, 0.5) is 0 Å². The summed E-state index contributed by atoms with van der Waals surface area (Å²) in [4.78, 5) is 12.5. The lowest BCUT2D eigenvalue weighted by Crippen LogP contribution is -2.53. The van der Waals surface area contributed by atoms with Gasteiger partial charge in [0.15, 0.2) is 0 Å². The summed E-state index contributed by atoms with van der Waals surface area (Å²) in [6.45, 7) is 4.07. The highest BCUT2D eigenvalue weighted by Gasteiger charge is 2.28. The average Bonchev–Trinajstić information content (AvgIpc) is 3.24. The van der Waals surface area contributed by atoms with Gasteiger partial charge in [-0.1, -0.05) is 264 Å². The Labute approximate surface area is 368 Å². The number of rotatable bonds is 49. The van der Waals surface area contributed by atoms with Crippen LogP contribution in [0, 0.1) is 0 Å². The van der Waals surface area contributed by atoms with Gasteiger partial charge in [0.05, 0.1) is 18.8 Å². The fraction of sp³-hybridized carbons (Fsp3) is 0.943. The van der Waals surface area contributed by atoms with E-state index in [1.165, 1.54) is 218 Å². The molecule has 0 aromatic carbocycles. The molecule has 0 fully saturated rings. The molecule has 59 heavy (non-hydrogen) atoms. The summed E-state index contributed by atoms with van der Waals surface area (Å²) in [6, 6.07) is -0.985. The topological polar surface area (TPSA) is 110 Å². The molecule has 6 heteroatoms. The normalized spacial score (nSPS) is 13.9. The van der Waals surface area contributed by atoms with Gasteiger partial charge in [-0.15, -0.1) is 0 Å². The van der Waals surface area contributed by atoms with Crippen molar-refractivity contribution in [2.75, 3.05) is 6.61 Å². The molecular formula is C53H105NO5. The summed E-state index contributed by atoms with van der Waals surface area (Å²) in [5.74, 6) is -0.585. The Morgan fingerprint density at radius 2 is 0.678 bits per heavy atom. The molecule has 1 amide bonds. The standard InChI is InChI=1S/C53H105NO5/c1-3-5-7-9-11-13-15-17-19-21-22-23-24-25-26-27-28-29-30-31-33-34-36-38-40-42-44-46-50(56)52(58)49(48-55)54-53(59)51(57)47-45-43-41-39-37-35-32-20-18-16-14-12-10-8-6-4-2/h18,20,49-52,55-58H,3-17,19,21-48H2,1-2H3,(H,54,59)/b20-18-. The molecule has 352 valence electrons. The van der Waals surface area contributed by atoms with E-state index < -0.39 is 36.9 Å². The van der Waals surface area contributed by atoms with Crippen LogP contribution in [0.15, 0.2) is 12.2 Å². The summed E-state index contributed by atoms with van der Waals surface area (Å²) >= 11 is 0. The zero-order valence-electron chi connectivity index (χ0n) is 39.8. The summed E-state index contributed by atoms with van der Waals surface area (Å²) < 4.78 is 0. The number of allylic oxidation sites excluding steroid dienone is 2. The number of aliphatic hydroxyl groups excluding tert-OH is 4. The van der Waals surface area contributed by atoms with Crippen molar-refractivity contribution in [3.63, 3.8) is 0 Å². The Hall–Kier alpha value is -0.950. The second kappa shape index (κ2) is 48.1. The van der Waals surface area contributed by atoms with E-state index in [9.17, 15) is 25.2 Å². The molecule has 0 saturated carbocycles. The zero-order valence-corrected chi connectivity index (χ0v) is 39.8. The molecule has 0 aromatic rings. The molecule has 0 saturated heterocycles. The Balaban J connectivity index is 3.60. The van der Waals surface area contributed by atoms with Crippen LogP contribution < -0.4 is 5.32 Å². The first kappa shape index (κ1) is 58.0. The highest BCUT2D eigenvalue weighted by Crippen LogP contribution is 2.18.